The maximum atomic E-state index is 14.6. The van der Waals surface area contributed by atoms with Crippen LogP contribution in [0.5, 0.6) is 0 Å². The van der Waals surface area contributed by atoms with Gasteiger partial charge in [-0.25, -0.2) is 4.18 Å². The van der Waals surface area contributed by atoms with Crippen LogP contribution in [0.4, 0.5) is 0 Å². The Labute approximate surface area is 341 Å². The molecule has 7 aliphatic rings. The molecule has 0 amide bonds. The number of aliphatic hydroxyl groups is 7. The molecule has 0 spiro atoms. The van der Waals surface area contributed by atoms with Crippen LogP contribution in [0.2, 0.25) is 0 Å². The molecule has 5 aliphatic carbocycles. The number of hydrogen-bond acceptors (Lipinski definition) is 15. The Balaban J connectivity index is 1.17. The Kier molecular flexibility index (Phi) is 11.5. The van der Waals surface area contributed by atoms with Crippen LogP contribution >= 0.6 is 0 Å². The predicted octanol–water partition coefficient (Wildman–Crippen LogP) is 1.75. The van der Waals surface area contributed by atoms with Crippen LogP contribution in [-0.4, -0.2) is 135 Å². The van der Waals surface area contributed by atoms with Crippen molar-refractivity contribution in [3.63, 3.8) is 0 Å². The molecule has 6 fully saturated rings. The van der Waals surface area contributed by atoms with Crippen molar-refractivity contribution < 1.29 is 76.6 Å². The maximum Gasteiger partial charge on any atom is 0.397 e. The van der Waals surface area contributed by atoms with Gasteiger partial charge in [0.1, 0.15) is 42.7 Å². The van der Waals surface area contributed by atoms with Gasteiger partial charge in [0.25, 0.3) is 0 Å². The lowest BCUT2D eigenvalue weighted by atomic mass is 9.33. The first-order valence-electron chi connectivity index (χ1n) is 21.0. The summed E-state index contributed by atoms with van der Waals surface area (Å²) in [4.78, 5) is 14.6. The summed E-state index contributed by atoms with van der Waals surface area (Å²) in [6, 6.07) is 0. The lowest BCUT2D eigenvalue weighted by Crippen LogP contribution is -2.68. The highest BCUT2D eigenvalue weighted by Crippen LogP contribution is 2.76. The Morgan fingerprint density at radius 3 is 2.21 bits per heavy atom. The zero-order chi connectivity index (χ0) is 42.8. The van der Waals surface area contributed by atoms with E-state index in [2.05, 4.69) is 44.9 Å². The van der Waals surface area contributed by atoms with E-state index in [-0.39, 0.29) is 35.2 Å². The van der Waals surface area contributed by atoms with Gasteiger partial charge in [0.2, 0.25) is 6.29 Å². The number of carbonyl (C=O) groups excluding carboxylic acids is 1. The molecule has 2 aliphatic heterocycles. The summed E-state index contributed by atoms with van der Waals surface area (Å²) < 4.78 is 60.4. The Morgan fingerprint density at radius 1 is 0.862 bits per heavy atom. The van der Waals surface area contributed by atoms with E-state index < -0.39 is 112 Å². The van der Waals surface area contributed by atoms with Crippen molar-refractivity contribution in [2.45, 2.75) is 173 Å². The molecule has 0 radical (unpaired) electrons. The third-order valence-corrected chi connectivity index (χ3v) is 17.9. The second kappa shape index (κ2) is 14.9. The van der Waals surface area contributed by atoms with Gasteiger partial charge in [0.15, 0.2) is 6.29 Å². The standard InChI is InChI=1S/C41H66O16S/c1-20-10-15-41(35(48)56-34-29(46)28(45)27(44)23(18-42)54-34)17-16-38(5)21(32(41)40(20,7)49)8-9-25-37(4)13-12-26(36(2,3)24(37)11-14-39(25,38)6)55-33-30(47)31(22(43)19-53-33)57-58(50,51)52/h8,20,22-34,42-47,49H,9-19H2,1-7H3,(H,50,51,52)/t20-,22+,23-,24?,25?,26+,27-,28+,29-,30-,31+,32?,33+,34+,37+,38-,39-,40-,41+/m1/s1. The molecule has 19 atom stereocenters. The smallest absolute Gasteiger partial charge is 0.397 e. The molecule has 0 bridgehead atoms. The summed E-state index contributed by atoms with van der Waals surface area (Å²) in [5.41, 5.74) is -2.66. The molecule has 4 saturated carbocycles. The predicted molar refractivity (Wildman–Crippen MR) is 203 cm³/mol. The van der Waals surface area contributed by atoms with Crippen molar-refractivity contribution in [2.24, 2.45) is 50.7 Å². The first kappa shape index (κ1) is 44.7. The van der Waals surface area contributed by atoms with Crippen molar-refractivity contribution in [1.82, 2.24) is 0 Å². The van der Waals surface area contributed by atoms with Crippen molar-refractivity contribution in [3.05, 3.63) is 11.6 Å². The molecule has 3 unspecified atom stereocenters. The van der Waals surface area contributed by atoms with Crippen molar-refractivity contribution >= 4 is 16.4 Å². The van der Waals surface area contributed by atoms with Gasteiger partial charge in [-0.3, -0.25) is 9.35 Å². The minimum atomic E-state index is -4.97. The number of fused-ring (bicyclic) bond motifs is 7. The fraction of sp³-hybridized carbons (Fsp3) is 0.927. The molecule has 17 heteroatoms. The Bertz CT molecular complexity index is 1720. The van der Waals surface area contributed by atoms with Crippen molar-refractivity contribution in [1.29, 1.82) is 0 Å². The molecule has 8 N–H and O–H groups in total. The molecular weight excluding hydrogens is 781 g/mol. The highest BCUT2D eigenvalue weighted by molar-refractivity contribution is 7.80. The third kappa shape index (κ3) is 6.67. The van der Waals surface area contributed by atoms with E-state index in [1.54, 1.807) is 0 Å². The van der Waals surface area contributed by atoms with Gasteiger partial charge in [-0.05, 0) is 104 Å². The number of carbonyl (C=O) groups is 1. The molecule has 332 valence electrons. The SMILES string of the molecule is C[C@@H]1CC[C@]2(C(=O)O[C@@H]3O[C@H](CO)[C@@H](O)[C@H](O)[C@H]3O)CC[C@]3(C)C(=CCC4[C@@]5(C)CC[C@H](O[C@@H]6OC[C@H](O)[C@H](OS(=O)(=O)O)[C@H]6O)C(C)(C)C5CC[C@]43C)C2[C@]1(C)O. The highest BCUT2D eigenvalue weighted by atomic mass is 32.3. The fourth-order valence-corrected chi connectivity index (χ4v) is 14.3. The number of aliphatic hydroxyl groups excluding tert-OH is 6. The molecule has 58 heavy (non-hydrogen) atoms. The van der Waals surface area contributed by atoms with Crippen LogP contribution in [0.15, 0.2) is 11.6 Å². The largest absolute Gasteiger partial charge is 0.432 e. The van der Waals surface area contributed by atoms with Crippen LogP contribution in [0.1, 0.15) is 106 Å². The fourth-order valence-electron chi connectivity index (χ4n) is 13.8. The van der Waals surface area contributed by atoms with E-state index in [9.17, 15) is 53.5 Å². The second-order valence-electron chi connectivity index (χ2n) is 20.4. The minimum absolute atomic E-state index is 0.145. The first-order valence-corrected chi connectivity index (χ1v) is 22.4. The molecule has 2 heterocycles. The Morgan fingerprint density at radius 2 is 1.55 bits per heavy atom. The van der Waals surface area contributed by atoms with Gasteiger partial charge in [0, 0.05) is 5.92 Å². The van der Waals surface area contributed by atoms with Crippen LogP contribution in [0, 0.1) is 50.7 Å². The maximum absolute atomic E-state index is 14.6. The van der Waals surface area contributed by atoms with E-state index >= 15 is 0 Å². The van der Waals surface area contributed by atoms with Crippen LogP contribution in [0.3, 0.4) is 0 Å². The zero-order valence-electron chi connectivity index (χ0n) is 34.7. The van der Waals surface area contributed by atoms with Crippen LogP contribution in [-0.2, 0) is 38.3 Å². The van der Waals surface area contributed by atoms with Gasteiger partial charge < -0.3 is 54.7 Å². The Hall–Kier alpha value is -1.32. The highest BCUT2D eigenvalue weighted by Gasteiger charge is 2.72. The summed E-state index contributed by atoms with van der Waals surface area (Å²) in [5.74, 6) is -1.02. The van der Waals surface area contributed by atoms with Crippen LogP contribution in [0.25, 0.3) is 0 Å². The van der Waals surface area contributed by atoms with Gasteiger partial charge >= 0.3 is 16.4 Å². The summed E-state index contributed by atoms with van der Waals surface area (Å²) in [6.45, 7) is 14.1. The first-order chi connectivity index (χ1) is 26.8. The van der Waals surface area contributed by atoms with Gasteiger partial charge in [-0.2, -0.15) is 8.42 Å². The summed E-state index contributed by atoms with van der Waals surface area (Å²) in [5, 5.41) is 75.2. The average Bonchev–Trinajstić information content (AvgIpc) is 3.13. The molecule has 0 aromatic heterocycles. The normalized spacial score (nSPS) is 52.9. The van der Waals surface area contributed by atoms with Gasteiger partial charge in [0.05, 0.1) is 30.3 Å². The lowest BCUT2D eigenvalue weighted by Gasteiger charge is -2.72. The monoisotopic (exact) mass is 846 g/mol. The molecule has 16 nitrogen and oxygen atoms in total. The number of allylic oxidation sites excluding steroid dienone is 1. The van der Waals surface area contributed by atoms with E-state index in [1.807, 2.05) is 13.8 Å². The van der Waals surface area contributed by atoms with E-state index in [4.69, 9.17) is 18.9 Å². The summed E-state index contributed by atoms with van der Waals surface area (Å²) >= 11 is 0. The number of hydrogen-bond donors (Lipinski definition) is 8. The van der Waals surface area contributed by atoms with E-state index in [1.165, 1.54) is 0 Å². The van der Waals surface area contributed by atoms with Crippen molar-refractivity contribution in [2.75, 3.05) is 13.2 Å². The molecule has 0 aromatic rings. The van der Waals surface area contributed by atoms with E-state index in [0.717, 1.165) is 24.8 Å². The number of esters is 1. The van der Waals surface area contributed by atoms with Gasteiger partial charge in [-0.15, -0.1) is 0 Å². The zero-order valence-corrected chi connectivity index (χ0v) is 35.5. The number of ether oxygens (including phenoxy) is 4. The third-order valence-electron chi connectivity index (χ3n) is 17.4. The van der Waals surface area contributed by atoms with E-state index in [0.29, 0.717) is 38.5 Å². The van der Waals surface area contributed by atoms with Crippen LogP contribution < -0.4 is 0 Å². The van der Waals surface area contributed by atoms with Gasteiger partial charge in [-0.1, -0.05) is 53.2 Å². The minimum Gasteiger partial charge on any atom is -0.432 e. The molecular formula is C41H66O16S. The average molecular weight is 847 g/mol. The topological polar surface area (TPSA) is 259 Å². The molecule has 0 aromatic carbocycles. The summed E-state index contributed by atoms with van der Waals surface area (Å²) in [6.07, 6.45) is -6.31. The quantitative estimate of drug-likeness (QED) is 0.0786. The summed E-state index contributed by atoms with van der Waals surface area (Å²) in [7, 11) is -4.97. The molecule has 7 rings (SSSR count). The van der Waals surface area contributed by atoms with Crippen molar-refractivity contribution in [3.8, 4) is 0 Å². The lowest BCUT2D eigenvalue weighted by molar-refractivity contribution is -0.306. The molecule has 2 saturated heterocycles. The second-order valence-corrected chi connectivity index (χ2v) is 21.4. The number of rotatable bonds is 7.